The molecule has 7 nitrogen and oxygen atoms in total. The second-order valence-electron chi connectivity index (χ2n) is 4.55. The quantitative estimate of drug-likeness (QED) is 0.585. The second-order valence-corrected chi connectivity index (χ2v) is 5.30. The number of aromatic nitrogens is 2. The van der Waals surface area contributed by atoms with Gasteiger partial charge in [-0.15, -0.1) is 0 Å². The van der Waals surface area contributed by atoms with E-state index in [2.05, 4.69) is 14.7 Å². The molecule has 0 aliphatic rings. The molecule has 1 amide bonds. The standard InChI is InChI=1S/C15H10N4O3S/c20-13(10-6-8-12(9-7-10)19(21)22)16-15-17-14(23-18-15)11-4-2-1-3-5-11/h1-9H,(H,16,18,20). The van der Waals surface area contributed by atoms with Crippen molar-refractivity contribution in [1.29, 1.82) is 0 Å². The minimum atomic E-state index is -0.518. The molecule has 3 rings (SSSR count). The maximum atomic E-state index is 12.1. The van der Waals surface area contributed by atoms with Crippen LogP contribution in [0.2, 0.25) is 0 Å². The van der Waals surface area contributed by atoms with Crippen LogP contribution in [0.5, 0.6) is 0 Å². The van der Waals surface area contributed by atoms with Gasteiger partial charge in [-0.05, 0) is 23.7 Å². The molecule has 3 aromatic rings. The van der Waals surface area contributed by atoms with Crippen molar-refractivity contribution in [3.05, 3.63) is 70.3 Å². The van der Waals surface area contributed by atoms with Crippen molar-refractivity contribution in [2.24, 2.45) is 0 Å². The summed E-state index contributed by atoms with van der Waals surface area (Å²) in [7, 11) is 0. The molecule has 0 aliphatic carbocycles. The van der Waals surface area contributed by atoms with E-state index in [-0.39, 0.29) is 11.6 Å². The summed E-state index contributed by atoms with van der Waals surface area (Å²) < 4.78 is 4.09. The number of hydrogen-bond donors (Lipinski definition) is 1. The number of amides is 1. The van der Waals surface area contributed by atoms with Crippen LogP contribution in [0, 0.1) is 10.1 Å². The van der Waals surface area contributed by atoms with Gasteiger partial charge in [-0.1, -0.05) is 30.3 Å². The molecule has 0 aliphatic heterocycles. The van der Waals surface area contributed by atoms with Crippen LogP contribution in [0.3, 0.4) is 0 Å². The molecule has 8 heteroatoms. The molecule has 0 atom stereocenters. The number of carbonyl (C=O) groups excluding carboxylic acids is 1. The van der Waals surface area contributed by atoms with Gasteiger partial charge in [0.15, 0.2) is 0 Å². The van der Waals surface area contributed by atoms with Crippen LogP contribution < -0.4 is 5.32 Å². The van der Waals surface area contributed by atoms with Crippen molar-refractivity contribution >= 4 is 29.1 Å². The zero-order valence-electron chi connectivity index (χ0n) is 11.7. The van der Waals surface area contributed by atoms with Gasteiger partial charge >= 0.3 is 0 Å². The first-order chi connectivity index (χ1) is 11.1. The minimum absolute atomic E-state index is 0.0697. The third-order valence-corrected chi connectivity index (χ3v) is 3.78. The number of benzene rings is 2. The highest BCUT2D eigenvalue weighted by Crippen LogP contribution is 2.22. The Morgan fingerprint density at radius 2 is 1.78 bits per heavy atom. The zero-order valence-corrected chi connectivity index (χ0v) is 12.5. The molecular weight excluding hydrogens is 316 g/mol. The lowest BCUT2D eigenvalue weighted by molar-refractivity contribution is -0.384. The highest BCUT2D eigenvalue weighted by molar-refractivity contribution is 7.09. The van der Waals surface area contributed by atoms with Crippen LogP contribution in [-0.4, -0.2) is 20.2 Å². The Morgan fingerprint density at radius 1 is 1.09 bits per heavy atom. The Morgan fingerprint density at radius 3 is 2.43 bits per heavy atom. The van der Waals surface area contributed by atoms with Gasteiger partial charge in [0.2, 0.25) is 5.95 Å². The number of carbonyl (C=O) groups is 1. The monoisotopic (exact) mass is 326 g/mol. The number of nitro benzene ring substituents is 1. The fraction of sp³-hybridized carbons (Fsp3) is 0. The molecule has 23 heavy (non-hydrogen) atoms. The lowest BCUT2D eigenvalue weighted by atomic mass is 10.2. The van der Waals surface area contributed by atoms with Gasteiger partial charge in [0.25, 0.3) is 11.6 Å². The van der Waals surface area contributed by atoms with E-state index in [0.717, 1.165) is 5.56 Å². The fourth-order valence-corrected chi connectivity index (χ4v) is 2.51. The number of nitro groups is 1. The van der Waals surface area contributed by atoms with Crippen LogP contribution in [0.25, 0.3) is 10.6 Å². The maximum absolute atomic E-state index is 12.1. The second kappa shape index (κ2) is 6.32. The Balaban J connectivity index is 1.73. The van der Waals surface area contributed by atoms with E-state index in [1.807, 2.05) is 30.3 Å². The molecule has 1 N–H and O–H groups in total. The highest BCUT2D eigenvalue weighted by Gasteiger charge is 2.12. The molecule has 0 saturated carbocycles. The fourth-order valence-electron chi connectivity index (χ4n) is 1.88. The van der Waals surface area contributed by atoms with Gasteiger partial charge in [0.05, 0.1) is 4.92 Å². The van der Waals surface area contributed by atoms with E-state index in [4.69, 9.17) is 0 Å². The molecule has 0 bridgehead atoms. The van der Waals surface area contributed by atoms with E-state index in [0.29, 0.717) is 10.6 Å². The number of nitrogens with zero attached hydrogens (tertiary/aromatic N) is 3. The third-order valence-electron chi connectivity index (χ3n) is 3.01. The Hall–Kier alpha value is -3.13. The van der Waals surface area contributed by atoms with E-state index in [9.17, 15) is 14.9 Å². The van der Waals surface area contributed by atoms with E-state index in [1.54, 1.807) is 0 Å². The van der Waals surface area contributed by atoms with Crippen LogP contribution in [0.15, 0.2) is 54.6 Å². The smallest absolute Gasteiger partial charge is 0.269 e. The molecule has 0 unspecified atom stereocenters. The normalized spacial score (nSPS) is 10.3. The summed E-state index contributed by atoms with van der Waals surface area (Å²) in [6.45, 7) is 0. The molecule has 1 heterocycles. The van der Waals surface area contributed by atoms with Crippen LogP contribution in [0.1, 0.15) is 10.4 Å². The van der Waals surface area contributed by atoms with Gasteiger partial charge < -0.3 is 0 Å². The van der Waals surface area contributed by atoms with Crippen LogP contribution in [0.4, 0.5) is 11.6 Å². The molecule has 0 spiro atoms. The summed E-state index contributed by atoms with van der Waals surface area (Å²) in [5, 5.41) is 13.9. The van der Waals surface area contributed by atoms with Crippen molar-refractivity contribution < 1.29 is 9.72 Å². The zero-order chi connectivity index (χ0) is 16.2. The SMILES string of the molecule is O=C(Nc1nsc(-c2ccccc2)n1)c1ccc([N+](=O)[O-])cc1. The van der Waals surface area contributed by atoms with Gasteiger partial charge in [-0.25, -0.2) is 0 Å². The molecular formula is C15H10N4O3S. The summed E-state index contributed by atoms with van der Waals surface area (Å²) in [5.74, 6) is -0.213. The first kappa shape index (κ1) is 14.8. The number of anilines is 1. The van der Waals surface area contributed by atoms with Gasteiger partial charge in [0.1, 0.15) is 5.01 Å². The Bertz CT molecular complexity index is 847. The van der Waals surface area contributed by atoms with Crippen molar-refractivity contribution in [2.45, 2.75) is 0 Å². The van der Waals surface area contributed by atoms with Gasteiger partial charge in [0, 0.05) is 23.3 Å². The average Bonchev–Trinajstić information content (AvgIpc) is 3.04. The average molecular weight is 326 g/mol. The van der Waals surface area contributed by atoms with Gasteiger partial charge in [-0.3, -0.25) is 20.2 Å². The summed E-state index contributed by atoms with van der Waals surface area (Å²) in [4.78, 5) is 26.4. The lowest BCUT2D eigenvalue weighted by Gasteiger charge is -2.00. The molecule has 0 saturated heterocycles. The van der Waals surface area contributed by atoms with Crippen molar-refractivity contribution in [3.8, 4) is 10.6 Å². The van der Waals surface area contributed by atoms with E-state index in [1.165, 1.54) is 35.8 Å². The summed E-state index contributed by atoms with van der Waals surface area (Å²) in [6.07, 6.45) is 0. The Labute approximate surface area is 134 Å². The molecule has 114 valence electrons. The summed E-state index contributed by atoms with van der Waals surface area (Å²) in [5.41, 5.74) is 1.15. The number of non-ortho nitro benzene ring substituents is 1. The van der Waals surface area contributed by atoms with E-state index < -0.39 is 10.8 Å². The lowest BCUT2D eigenvalue weighted by Crippen LogP contribution is -2.12. The number of rotatable bonds is 4. The maximum Gasteiger partial charge on any atom is 0.269 e. The molecule has 2 aromatic carbocycles. The molecule has 1 aromatic heterocycles. The third kappa shape index (κ3) is 3.38. The van der Waals surface area contributed by atoms with Crippen molar-refractivity contribution in [2.75, 3.05) is 5.32 Å². The topological polar surface area (TPSA) is 98.0 Å². The Kier molecular flexibility index (Phi) is 4.07. The number of nitrogens with one attached hydrogen (secondary N) is 1. The van der Waals surface area contributed by atoms with E-state index >= 15 is 0 Å². The van der Waals surface area contributed by atoms with Crippen molar-refractivity contribution in [1.82, 2.24) is 9.36 Å². The first-order valence-electron chi connectivity index (χ1n) is 6.58. The van der Waals surface area contributed by atoms with Gasteiger partial charge in [-0.2, -0.15) is 9.36 Å². The number of hydrogen-bond acceptors (Lipinski definition) is 6. The van der Waals surface area contributed by atoms with Crippen LogP contribution >= 0.6 is 11.5 Å². The van der Waals surface area contributed by atoms with Crippen molar-refractivity contribution in [3.63, 3.8) is 0 Å². The highest BCUT2D eigenvalue weighted by atomic mass is 32.1. The predicted octanol–water partition coefficient (Wildman–Crippen LogP) is 3.37. The minimum Gasteiger partial charge on any atom is -0.290 e. The molecule has 0 radical (unpaired) electrons. The first-order valence-corrected chi connectivity index (χ1v) is 7.36. The summed E-state index contributed by atoms with van der Waals surface area (Å²) in [6, 6.07) is 14.8. The van der Waals surface area contributed by atoms with Crippen LogP contribution in [-0.2, 0) is 0 Å². The molecule has 0 fully saturated rings. The predicted molar refractivity (Wildman–Crippen MR) is 86.4 cm³/mol. The summed E-state index contributed by atoms with van der Waals surface area (Å²) >= 11 is 1.18. The largest absolute Gasteiger partial charge is 0.290 e.